The zero-order valence-corrected chi connectivity index (χ0v) is 12.7. The molecule has 2 aliphatic carbocycles. The average Bonchev–Trinajstić information content (AvgIpc) is 3.08. The molecule has 0 spiro atoms. The smallest absolute Gasteiger partial charge is 0.224 e. The second-order valence-corrected chi connectivity index (χ2v) is 6.48. The van der Waals surface area contributed by atoms with Gasteiger partial charge in [-0.25, -0.2) is 4.98 Å². The molecule has 0 radical (unpaired) electrons. The van der Waals surface area contributed by atoms with E-state index < -0.39 is 0 Å². The highest BCUT2D eigenvalue weighted by Gasteiger charge is 2.39. The maximum absolute atomic E-state index is 4.62. The Morgan fingerprint density at radius 1 is 1.35 bits per heavy atom. The van der Waals surface area contributed by atoms with Crippen LogP contribution in [-0.4, -0.2) is 30.1 Å². The normalized spacial score (nSPS) is 27.8. The van der Waals surface area contributed by atoms with Gasteiger partial charge in [0.05, 0.1) is 0 Å². The third-order valence-electron chi connectivity index (χ3n) is 4.96. The SMILES string of the molecule is CCCNc1nccc(N(C)CC2CC3CCC2C3)n1. The van der Waals surface area contributed by atoms with Crippen LogP contribution in [0.4, 0.5) is 11.8 Å². The van der Waals surface area contributed by atoms with E-state index in [4.69, 9.17) is 0 Å². The summed E-state index contributed by atoms with van der Waals surface area (Å²) in [5, 5.41) is 3.26. The first-order valence-electron chi connectivity index (χ1n) is 8.04. The van der Waals surface area contributed by atoms with E-state index in [0.717, 1.165) is 49.0 Å². The summed E-state index contributed by atoms with van der Waals surface area (Å²) in [5.41, 5.74) is 0. The molecule has 0 aromatic carbocycles. The minimum atomic E-state index is 0.754. The lowest BCUT2D eigenvalue weighted by atomic mass is 9.88. The van der Waals surface area contributed by atoms with Crippen molar-refractivity contribution in [1.29, 1.82) is 0 Å². The lowest BCUT2D eigenvalue weighted by Gasteiger charge is -2.28. The Balaban J connectivity index is 1.60. The second-order valence-electron chi connectivity index (χ2n) is 6.48. The first-order valence-corrected chi connectivity index (χ1v) is 8.04. The van der Waals surface area contributed by atoms with E-state index >= 15 is 0 Å². The van der Waals surface area contributed by atoms with Crippen LogP contribution in [0.25, 0.3) is 0 Å². The molecule has 1 aromatic rings. The molecular weight excluding hydrogens is 248 g/mol. The summed E-state index contributed by atoms with van der Waals surface area (Å²) in [4.78, 5) is 11.2. The van der Waals surface area contributed by atoms with Crippen LogP contribution in [0.5, 0.6) is 0 Å². The van der Waals surface area contributed by atoms with E-state index in [1.54, 1.807) is 0 Å². The third kappa shape index (κ3) is 2.89. The van der Waals surface area contributed by atoms with E-state index in [0.29, 0.717) is 0 Å². The monoisotopic (exact) mass is 274 g/mol. The van der Waals surface area contributed by atoms with Crippen LogP contribution in [0, 0.1) is 17.8 Å². The van der Waals surface area contributed by atoms with Crippen molar-refractivity contribution >= 4 is 11.8 Å². The van der Waals surface area contributed by atoms with Gasteiger partial charge < -0.3 is 10.2 Å². The molecule has 1 heterocycles. The molecule has 3 rings (SSSR count). The molecule has 2 fully saturated rings. The van der Waals surface area contributed by atoms with E-state index in [1.165, 1.54) is 25.7 Å². The quantitative estimate of drug-likeness (QED) is 0.865. The zero-order valence-electron chi connectivity index (χ0n) is 12.7. The van der Waals surface area contributed by atoms with E-state index in [2.05, 4.69) is 34.2 Å². The second kappa shape index (κ2) is 5.98. The molecule has 4 heteroatoms. The molecule has 110 valence electrons. The lowest BCUT2D eigenvalue weighted by Crippen LogP contribution is -2.29. The van der Waals surface area contributed by atoms with Crippen molar-refractivity contribution in [3.05, 3.63) is 12.3 Å². The van der Waals surface area contributed by atoms with E-state index in [1.807, 2.05) is 12.3 Å². The Morgan fingerprint density at radius 3 is 2.95 bits per heavy atom. The molecule has 3 atom stereocenters. The van der Waals surface area contributed by atoms with Gasteiger partial charge in [0.25, 0.3) is 0 Å². The first kappa shape index (κ1) is 13.7. The van der Waals surface area contributed by atoms with Gasteiger partial charge in [-0.15, -0.1) is 0 Å². The maximum Gasteiger partial charge on any atom is 0.224 e. The average molecular weight is 274 g/mol. The summed E-state index contributed by atoms with van der Waals surface area (Å²) < 4.78 is 0. The standard InChI is InChI=1S/C16H26N4/c1-3-7-17-16-18-8-6-15(19-16)20(2)11-14-10-12-4-5-13(14)9-12/h6,8,12-14H,3-5,7,9-11H2,1-2H3,(H,17,18,19). The highest BCUT2D eigenvalue weighted by molar-refractivity contribution is 5.41. The maximum atomic E-state index is 4.62. The minimum absolute atomic E-state index is 0.754. The topological polar surface area (TPSA) is 41.1 Å². The number of nitrogens with zero attached hydrogens (tertiary/aromatic N) is 3. The van der Waals surface area contributed by atoms with Crippen LogP contribution in [0.3, 0.4) is 0 Å². The summed E-state index contributed by atoms with van der Waals surface area (Å²) in [6, 6.07) is 2.02. The van der Waals surface area contributed by atoms with Crippen LogP contribution in [0.1, 0.15) is 39.0 Å². The fourth-order valence-corrected chi connectivity index (χ4v) is 3.93. The Hall–Kier alpha value is -1.32. The van der Waals surface area contributed by atoms with Crippen molar-refractivity contribution in [3.8, 4) is 0 Å². The first-order chi connectivity index (χ1) is 9.76. The van der Waals surface area contributed by atoms with Crippen molar-refractivity contribution in [3.63, 3.8) is 0 Å². The number of nitrogens with one attached hydrogen (secondary N) is 1. The molecule has 2 bridgehead atoms. The van der Waals surface area contributed by atoms with Gasteiger partial charge in [0.15, 0.2) is 0 Å². The molecule has 3 unspecified atom stereocenters. The highest BCUT2D eigenvalue weighted by Crippen LogP contribution is 2.48. The summed E-state index contributed by atoms with van der Waals surface area (Å²) in [5.74, 6) is 4.67. The predicted molar refractivity (Wildman–Crippen MR) is 83.0 cm³/mol. The minimum Gasteiger partial charge on any atom is -0.359 e. The van der Waals surface area contributed by atoms with Crippen LogP contribution < -0.4 is 10.2 Å². The van der Waals surface area contributed by atoms with Crippen LogP contribution in [0.2, 0.25) is 0 Å². The molecule has 0 aliphatic heterocycles. The molecule has 1 N–H and O–H groups in total. The zero-order chi connectivity index (χ0) is 13.9. The van der Waals surface area contributed by atoms with Gasteiger partial charge in [-0.2, -0.15) is 4.98 Å². The van der Waals surface area contributed by atoms with Gasteiger partial charge in [0.2, 0.25) is 5.95 Å². The van der Waals surface area contributed by atoms with Crippen LogP contribution in [-0.2, 0) is 0 Å². The molecule has 4 nitrogen and oxygen atoms in total. The fraction of sp³-hybridized carbons (Fsp3) is 0.750. The highest BCUT2D eigenvalue weighted by atomic mass is 15.2. The summed E-state index contributed by atoms with van der Waals surface area (Å²) in [7, 11) is 2.16. The Bertz CT molecular complexity index is 448. The molecule has 2 aliphatic rings. The number of fused-ring (bicyclic) bond motifs is 2. The predicted octanol–water partition coefficient (Wildman–Crippen LogP) is 3.17. The third-order valence-corrected chi connectivity index (χ3v) is 4.96. The van der Waals surface area contributed by atoms with Crippen molar-refractivity contribution < 1.29 is 0 Å². The summed E-state index contributed by atoms with van der Waals surface area (Å²) in [6.45, 7) is 4.23. The molecule has 0 saturated heterocycles. The molecule has 2 saturated carbocycles. The number of aromatic nitrogens is 2. The van der Waals surface area contributed by atoms with Gasteiger partial charge in [0.1, 0.15) is 5.82 Å². The van der Waals surface area contributed by atoms with Crippen molar-refractivity contribution in [2.75, 3.05) is 30.4 Å². The number of hydrogen-bond donors (Lipinski definition) is 1. The Kier molecular flexibility index (Phi) is 4.08. The van der Waals surface area contributed by atoms with Crippen molar-refractivity contribution in [1.82, 2.24) is 9.97 Å². The molecule has 20 heavy (non-hydrogen) atoms. The van der Waals surface area contributed by atoms with Gasteiger partial charge in [0, 0.05) is 26.3 Å². The van der Waals surface area contributed by atoms with Crippen molar-refractivity contribution in [2.45, 2.75) is 39.0 Å². The fourth-order valence-electron chi connectivity index (χ4n) is 3.93. The Labute approximate surface area is 122 Å². The van der Waals surface area contributed by atoms with Crippen LogP contribution in [0.15, 0.2) is 12.3 Å². The molecular formula is C16H26N4. The number of hydrogen-bond acceptors (Lipinski definition) is 4. The van der Waals surface area contributed by atoms with E-state index in [9.17, 15) is 0 Å². The van der Waals surface area contributed by atoms with Gasteiger partial charge in [-0.3, -0.25) is 0 Å². The summed E-state index contributed by atoms with van der Waals surface area (Å²) in [6.07, 6.45) is 8.79. The van der Waals surface area contributed by atoms with E-state index in [-0.39, 0.29) is 0 Å². The molecule has 0 amide bonds. The molecule has 1 aromatic heterocycles. The summed E-state index contributed by atoms with van der Waals surface area (Å²) >= 11 is 0. The number of rotatable bonds is 6. The van der Waals surface area contributed by atoms with Gasteiger partial charge >= 0.3 is 0 Å². The largest absolute Gasteiger partial charge is 0.359 e. The Morgan fingerprint density at radius 2 is 2.25 bits per heavy atom. The van der Waals surface area contributed by atoms with Crippen LogP contribution >= 0.6 is 0 Å². The lowest BCUT2D eigenvalue weighted by molar-refractivity contribution is 0.337. The number of anilines is 2. The van der Waals surface area contributed by atoms with Gasteiger partial charge in [-0.05, 0) is 49.5 Å². The van der Waals surface area contributed by atoms with Gasteiger partial charge in [-0.1, -0.05) is 13.3 Å². The van der Waals surface area contributed by atoms with Crippen molar-refractivity contribution in [2.24, 2.45) is 17.8 Å².